The van der Waals surface area contributed by atoms with E-state index in [4.69, 9.17) is 0 Å². The van der Waals surface area contributed by atoms with Gasteiger partial charge in [-0.05, 0) is 65.5 Å². The van der Waals surface area contributed by atoms with E-state index in [-0.39, 0.29) is 17.6 Å². The number of hydrogen-bond acceptors (Lipinski definition) is 3. The third kappa shape index (κ3) is 5.17. The van der Waals surface area contributed by atoms with Crippen LogP contribution in [0, 0.1) is 5.82 Å². The van der Waals surface area contributed by atoms with Gasteiger partial charge in [0.1, 0.15) is 11.6 Å². The van der Waals surface area contributed by atoms with E-state index < -0.39 is 0 Å². The summed E-state index contributed by atoms with van der Waals surface area (Å²) in [5, 5.41) is 13.0. The molecule has 2 N–H and O–H groups in total. The predicted octanol–water partition coefficient (Wildman–Crippen LogP) is 2.91. The zero-order chi connectivity index (χ0) is 14.4. The van der Waals surface area contributed by atoms with Crippen LogP contribution in [-0.2, 0) is 0 Å². The average Bonchev–Trinajstić information content (AvgIpc) is 2.36. The summed E-state index contributed by atoms with van der Waals surface area (Å²) in [6.45, 7) is 8.13. The van der Waals surface area contributed by atoms with Crippen LogP contribution in [0.4, 0.5) is 4.39 Å². The minimum absolute atomic E-state index is 0.0555. The van der Waals surface area contributed by atoms with E-state index in [2.05, 4.69) is 31.1 Å². The molecule has 0 heterocycles. The van der Waals surface area contributed by atoms with Crippen molar-refractivity contribution in [3.8, 4) is 5.75 Å². The number of hydrogen-bond donors (Lipinski definition) is 2. The van der Waals surface area contributed by atoms with Gasteiger partial charge < -0.3 is 15.3 Å². The van der Waals surface area contributed by atoms with Crippen LogP contribution in [0.2, 0.25) is 0 Å². The molecule has 1 atom stereocenters. The van der Waals surface area contributed by atoms with E-state index >= 15 is 0 Å². The van der Waals surface area contributed by atoms with Gasteiger partial charge in [-0.3, -0.25) is 0 Å². The summed E-state index contributed by atoms with van der Waals surface area (Å²) in [5.74, 6) is -0.179. The number of phenolic OH excluding ortho intramolecular Hbond substituents is 1. The second-order valence-corrected chi connectivity index (χ2v) is 5.31. The Morgan fingerprint density at radius 1 is 1.32 bits per heavy atom. The molecule has 108 valence electrons. The van der Waals surface area contributed by atoms with Crippen molar-refractivity contribution in [1.82, 2.24) is 10.2 Å². The summed E-state index contributed by atoms with van der Waals surface area (Å²) in [6.07, 6.45) is 1.02. The van der Waals surface area contributed by atoms with E-state index in [0.717, 1.165) is 19.5 Å². The highest BCUT2D eigenvalue weighted by Crippen LogP contribution is 2.24. The SMILES string of the molecule is CC(NCCCN(C)C(C)C)c1cc(F)ccc1O. The first-order valence-electron chi connectivity index (χ1n) is 6.84. The summed E-state index contributed by atoms with van der Waals surface area (Å²) >= 11 is 0. The molecule has 0 aliphatic heterocycles. The average molecular weight is 268 g/mol. The molecule has 19 heavy (non-hydrogen) atoms. The lowest BCUT2D eigenvalue weighted by atomic mass is 10.1. The first-order chi connectivity index (χ1) is 8.91. The molecule has 0 aliphatic rings. The Labute approximate surface area is 115 Å². The summed E-state index contributed by atoms with van der Waals surface area (Å²) in [5.41, 5.74) is 0.609. The molecule has 1 unspecified atom stereocenters. The topological polar surface area (TPSA) is 35.5 Å². The maximum absolute atomic E-state index is 13.1. The van der Waals surface area contributed by atoms with Gasteiger partial charge in [-0.15, -0.1) is 0 Å². The van der Waals surface area contributed by atoms with Crippen molar-refractivity contribution in [1.29, 1.82) is 0 Å². The van der Waals surface area contributed by atoms with E-state index in [0.29, 0.717) is 11.6 Å². The molecule has 0 amide bonds. The highest BCUT2D eigenvalue weighted by Gasteiger charge is 2.11. The van der Waals surface area contributed by atoms with Gasteiger partial charge >= 0.3 is 0 Å². The van der Waals surface area contributed by atoms with Crippen LogP contribution in [0.25, 0.3) is 0 Å². The number of halogens is 1. The number of benzene rings is 1. The van der Waals surface area contributed by atoms with Crippen LogP contribution in [0.3, 0.4) is 0 Å². The van der Waals surface area contributed by atoms with Gasteiger partial charge in [0.2, 0.25) is 0 Å². The van der Waals surface area contributed by atoms with Crippen molar-refractivity contribution in [3.63, 3.8) is 0 Å². The van der Waals surface area contributed by atoms with Crippen molar-refractivity contribution in [2.75, 3.05) is 20.1 Å². The predicted molar refractivity (Wildman–Crippen MR) is 76.9 cm³/mol. The molecule has 0 saturated carbocycles. The number of rotatable bonds is 7. The first-order valence-corrected chi connectivity index (χ1v) is 6.84. The van der Waals surface area contributed by atoms with Gasteiger partial charge in [0.25, 0.3) is 0 Å². The Morgan fingerprint density at radius 3 is 2.63 bits per heavy atom. The van der Waals surface area contributed by atoms with Crippen molar-refractivity contribution in [2.45, 2.75) is 39.3 Å². The van der Waals surface area contributed by atoms with Gasteiger partial charge in [0.15, 0.2) is 0 Å². The molecule has 1 aromatic rings. The third-order valence-corrected chi connectivity index (χ3v) is 3.48. The van der Waals surface area contributed by atoms with E-state index in [9.17, 15) is 9.50 Å². The van der Waals surface area contributed by atoms with E-state index in [1.807, 2.05) is 6.92 Å². The Balaban J connectivity index is 2.39. The Morgan fingerprint density at radius 2 is 2.00 bits per heavy atom. The van der Waals surface area contributed by atoms with Crippen molar-refractivity contribution >= 4 is 0 Å². The minimum atomic E-state index is -0.319. The lowest BCUT2D eigenvalue weighted by molar-refractivity contribution is 0.268. The molecule has 3 nitrogen and oxygen atoms in total. The molecule has 0 radical (unpaired) electrons. The molecule has 0 spiro atoms. The fraction of sp³-hybridized carbons (Fsp3) is 0.600. The van der Waals surface area contributed by atoms with Crippen molar-refractivity contribution in [3.05, 3.63) is 29.6 Å². The van der Waals surface area contributed by atoms with Crippen LogP contribution in [0.5, 0.6) is 5.75 Å². The van der Waals surface area contributed by atoms with Gasteiger partial charge in [0.05, 0.1) is 0 Å². The zero-order valence-corrected chi connectivity index (χ0v) is 12.3. The number of nitrogens with one attached hydrogen (secondary N) is 1. The monoisotopic (exact) mass is 268 g/mol. The third-order valence-electron chi connectivity index (χ3n) is 3.48. The van der Waals surface area contributed by atoms with Crippen LogP contribution in [-0.4, -0.2) is 36.2 Å². The fourth-order valence-electron chi connectivity index (χ4n) is 1.89. The quantitative estimate of drug-likeness (QED) is 0.746. The molecule has 0 aromatic heterocycles. The summed E-state index contributed by atoms with van der Waals surface area (Å²) in [4.78, 5) is 2.28. The largest absolute Gasteiger partial charge is 0.508 e. The molecule has 0 aliphatic carbocycles. The lowest BCUT2D eigenvalue weighted by Crippen LogP contribution is -2.30. The Kier molecular flexibility index (Phi) is 6.25. The summed E-state index contributed by atoms with van der Waals surface area (Å²) in [6, 6.07) is 4.54. The maximum Gasteiger partial charge on any atom is 0.123 e. The molecule has 1 aromatic carbocycles. The first kappa shape index (κ1) is 15.9. The second-order valence-electron chi connectivity index (χ2n) is 5.31. The van der Waals surface area contributed by atoms with Crippen molar-refractivity contribution < 1.29 is 9.50 Å². The van der Waals surface area contributed by atoms with Gasteiger partial charge in [0, 0.05) is 17.6 Å². The molecule has 1 rings (SSSR count). The smallest absolute Gasteiger partial charge is 0.123 e. The standard InChI is InChI=1S/C15H25FN2O/c1-11(2)18(4)9-5-8-17-12(3)14-10-13(16)6-7-15(14)19/h6-7,10-12,17,19H,5,8-9H2,1-4H3. The maximum atomic E-state index is 13.1. The number of phenols is 1. The minimum Gasteiger partial charge on any atom is -0.508 e. The van der Waals surface area contributed by atoms with E-state index in [1.165, 1.54) is 18.2 Å². The lowest BCUT2D eigenvalue weighted by Gasteiger charge is -2.21. The zero-order valence-electron chi connectivity index (χ0n) is 12.3. The van der Waals surface area contributed by atoms with Crippen LogP contribution < -0.4 is 5.32 Å². The number of nitrogens with zero attached hydrogens (tertiary/aromatic N) is 1. The van der Waals surface area contributed by atoms with Crippen LogP contribution >= 0.6 is 0 Å². The highest BCUT2D eigenvalue weighted by atomic mass is 19.1. The second kappa shape index (κ2) is 7.46. The molecular formula is C15H25FN2O. The fourth-order valence-corrected chi connectivity index (χ4v) is 1.89. The van der Waals surface area contributed by atoms with Gasteiger partial charge in [-0.25, -0.2) is 4.39 Å². The number of aromatic hydroxyl groups is 1. The van der Waals surface area contributed by atoms with Crippen molar-refractivity contribution in [2.24, 2.45) is 0 Å². The Hall–Kier alpha value is -1.13. The normalized spacial score (nSPS) is 13.2. The van der Waals surface area contributed by atoms with Gasteiger partial charge in [-0.2, -0.15) is 0 Å². The van der Waals surface area contributed by atoms with E-state index in [1.54, 1.807) is 0 Å². The van der Waals surface area contributed by atoms with Crippen LogP contribution in [0.15, 0.2) is 18.2 Å². The Bertz CT molecular complexity index is 396. The summed E-state index contributed by atoms with van der Waals surface area (Å²) < 4.78 is 13.1. The molecule has 0 saturated heterocycles. The summed E-state index contributed by atoms with van der Waals surface area (Å²) in [7, 11) is 2.10. The van der Waals surface area contributed by atoms with Gasteiger partial charge in [-0.1, -0.05) is 0 Å². The molecule has 0 bridgehead atoms. The van der Waals surface area contributed by atoms with Crippen LogP contribution in [0.1, 0.15) is 38.8 Å². The highest BCUT2D eigenvalue weighted by molar-refractivity contribution is 5.34. The molecule has 0 fully saturated rings. The molecule has 4 heteroatoms. The molecular weight excluding hydrogens is 243 g/mol.